The Labute approximate surface area is 443 Å². The normalized spacial score (nSPS) is 13.5. The van der Waals surface area contributed by atoms with E-state index in [9.17, 15) is 0 Å². The number of hydrogen-bond acceptors (Lipinski definition) is 2. The van der Waals surface area contributed by atoms with Crippen molar-refractivity contribution in [2.45, 2.75) is 10.8 Å². The van der Waals surface area contributed by atoms with Gasteiger partial charge in [-0.1, -0.05) is 255 Å². The Morgan fingerprint density at radius 2 is 0.684 bits per heavy atom. The van der Waals surface area contributed by atoms with E-state index in [2.05, 4.69) is 302 Å². The first-order valence-corrected chi connectivity index (χ1v) is 26.3. The van der Waals surface area contributed by atoms with Gasteiger partial charge in [0.1, 0.15) is 11.2 Å². The molecule has 2 aliphatic rings. The average molecular weight is 968 g/mol. The van der Waals surface area contributed by atoms with E-state index in [1.807, 2.05) is 0 Å². The van der Waals surface area contributed by atoms with Crippen LogP contribution < -0.4 is 4.90 Å². The van der Waals surface area contributed by atoms with E-state index in [0.717, 1.165) is 55.7 Å². The molecule has 0 saturated carbocycles. The number of nitrogens with zero attached hydrogens (tertiary/aromatic N) is 1. The molecule has 76 heavy (non-hydrogen) atoms. The summed E-state index contributed by atoms with van der Waals surface area (Å²) in [4.78, 5) is 2.52. The molecule has 0 spiro atoms. The summed E-state index contributed by atoms with van der Waals surface area (Å²) in [6.45, 7) is 0. The second kappa shape index (κ2) is 17.4. The first-order valence-electron chi connectivity index (χ1n) is 26.3. The smallest absolute Gasteiger partial charge is 0.142 e. The molecule has 0 fully saturated rings. The van der Waals surface area contributed by atoms with Gasteiger partial charge in [0, 0.05) is 27.7 Å². The second-order valence-electron chi connectivity index (χ2n) is 20.2. The number of furan rings is 1. The summed E-state index contributed by atoms with van der Waals surface area (Å²) < 4.78 is 7.39. The number of para-hydroxylation sites is 1. The molecule has 0 N–H and O–H groups in total. The van der Waals surface area contributed by atoms with Crippen molar-refractivity contribution in [1.82, 2.24) is 0 Å². The minimum Gasteiger partial charge on any atom is -0.456 e. The minimum absolute atomic E-state index is 0.605. The molecule has 0 saturated heterocycles. The number of rotatable bonds is 9. The summed E-state index contributed by atoms with van der Waals surface area (Å²) >= 11 is 0. The van der Waals surface area contributed by atoms with Crippen molar-refractivity contribution in [2.24, 2.45) is 0 Å². The van der Waals surface area contributed by atoms with Crippen LogP contribution in [0, 0.1) is 0 Å². The fourth-order valence-electron chi connectivity index (χ4n) is 13.3. The van der Waals surface area contributed by atoms with Gasteiger partial charge in [0.25, 0.3) is 0 Å². The SMILES string of the molecule is c1ccc(-c2ccc(-c3ccc(N(c4ccc5c(c4)C(c4ccccc4)(c4ccccc4)c4ccccc4-5)c4ccc5c(oc6ccccc65)c4C4(c5ccccc5)c5ccccc5-c5ccccc54)cc3)cc2)cc1. The molecule has 2 aliphatic carbocycles. The molecule has 0 unspecified atom stereocenters. The van der Waals surface area contributed by atoms with Crippen LogP contribution in [-0.4, -0.2) is 0 Å². The molecule has 1 heterocycles. The van der Waals surface area contributed by atoms with Gasteiger partial charge in [-0.3, -0.25) is 0 Å². The molecular formula is C74H49NO. The summed E-state index contributed by atoms with van der Waals surface area (Å²) in [6.07, 6.45) is 0. The first kappa shape index (κ1) is 43.8. The fourth-order valence-corrected chi connectivity index (χ4v) is 13.3. The summed E-state index contributed by atoms with van der Waals surface area (Å²) in [5, 5.41) is 2.17. The summed E-state index contributed by atoms with van der Waals surface area (Å²) in [7, 11) is 0. The molecule has 15 rings (SSSR count). The largest absolute Gasteiger partial charge is 0.456 e. The van der Waals surface area contributed by atoms with Gasteiger partial charge in [-0.2, -0.15) is 0 Å². The quantitative estimate of drug-likeness (QED) is 0.143. The molecule has 0 aliphatic heterocycles. The van der Waals surface area contributed by atoms with Crippen molar-refractivity contribution < 1.29 is 4.42 Å². The zero-order valence-corrected chi connectivity index (χ0v) is 41.6. The molecule has 1 aromatic heterocycles. The van der Waals surface area contributed by atoms with Crippen LogP contribution in [0.25, 0.3) is 66.4 Å². The summed E-state index contributed by atoms with van der Waals surface area (Å²) in [5.74, 6) is 0. The van der Waals surface area contributed by atoms with E-state index in [1.54, 1.807) is 0 Å². The fraction of sp³-hybridized carbons (Fsp3) is 0.0270. The van der Waals surface area contributed by atoms with E-state index < -0.39 is 10.8 Å². The van der Waals surface area contributed by atoms with E-state index >= 15 is 0 Å². The number of anilines is 3. The van der Waals surface area contributed by atoms with Crippen molar-refractivity contribution >= 4 is 39.0 Å². The van der Waals surface area contributed by atoms with Gasteiger partial charge in [-0.15, -0.1) is 0 Å². The maximum atomic E-state index is 7.39. The van der Waals surface area contributed by atoms with Crippen LogP contribution >= 0.6 is 0 Å². The van der Waals surface area contributed by atoms with Crippen LogP contribution in [0.3, 0.4) is 0 Å². The lowest BCUT2D eigenvalue weighted by atomic mass is 9.66. The van der Waals surface area contributed by atoms with Gasteiger partial charge in [0.15, 0.2) is 0 Å². The zero-order valence-electron chi connectivity index (χ0n) is 41.6. The molecule has 2 nitrogen and oxygen atoms in total. The van der Waals surface area contributed by atoms with Crippen molar-refractivity contribution in [3.63, 3.8) is 0 Å². The van der Waals surface area contributed by atoms with Gasteiger partial charge in [0.2, 0.25) is 0 Å². The average Bonchev–Trinajstić information content (AvgIpc) is 4.25. The Balaban J connectivity index is 1.04. The third-order valence-corrected chi connectivity index (χ3v) is 16.5. The van der Waals surface area contributed by atoms with Crippen LogP contribution in [0.1, 0.15) is 44.5 Å². The molecule has 13 aromatic rings. The molecule has 0 atom stereocenters. The first-order chi connectivity index (χ1) is 37.7. The minimum atomic E-state index is -0.805. The predicted molar refractivity (Wildman–Crippen MR) is 314 cm³/mol. The number of benzene rings is 12. The van der Waals surface area contributed by atoms with Crippen molar-refractivity contribution in [2.75, 3.05) is 4.90 Å². The number of fused-ring (bicyclic) bond motifs is 9. The van der Waals surface area contributed by atoms with E-state index in [1.165, 1.54) is 72.3 Å². The van der Waals surface area contributed by atoms with E-state index in [-0.39, 0.29) is 0 Å². The lowest BCUT2D eigenvalue weighted by molar-refractivity contribution is 0.648. The predicted octanol–water partition coefficient (Wildman–Crippen LogP) is 19.1. The standard InChI is InChI=1S/C74H49NO/c1-5-21-50(22-6-1)51-37-39-52(40-38-51)53-41-43-57(44-42-53)75(58-45-46-62-61-31-13-17-33-65(61)73(68(62)49-58,54-23-7-2-8-24-54)55-25-9-3-10-26-55)69-48-47-64-63-32-16-20-36-70(63)76-72(64)71(69)74(56-27-11-4-12-28-56)66-34-18-14-29-59(66)60-30-15-19-35-67(60)74/h1-49H. The zero-order chi connectivity index (χ0) is 50.2. The second-order valence-corrected chi connectivity index (χ2v) is 20.2. The highest BCUT2D eigenvalue weighted by Crippen LogP contribution is 2.62. The van der Waals surface area contributed by atoms with Crippen LogP contribution in [0.15, 0.2) is 302 Å². The molecule has 0 radical (unpaired) electrons. The maximum absolute atomic E-state index is 7.39. The summed E-state index contributed by atoms with van der Waals surface area (Å²) in [6, 6.07) is 110. The van der Waals surface area contributed by atoms with Crippen molar-refractivity contribution in [3.8, 4) is 44.5 Å². The van der Waals surface area contributed by atoms with Gasteiger partial charge in [-0.05, 0) is 126 Å². The Morgan fingerprint density at radius 3 is 1.24 bits per heavy atom. The lowest BCUT2D eigenvalue weighted by Crippen LogP contribution is -2.31. The summed E-state index contributed by atoms with van der Waals surface area (Å²) in [5.41, 5.74) is 22.7. The van der Waals surface area contributed by atoms with Gasteiger partial charge in [-0.25, -0.2) is 0 Å². The van der Waals surface area contributed by atoms with Gasteiger partial charge >= 0.3 is 0 Å². The van der Waals surface area contributed by atoms with Crippen LogP contribution in [0.5, 0.6) is 0 Å². The van der Waals surface area contributed by atoms with Crippen LogP contribution in [0.4, 0.5) is 17.1 Å². The highest BCUT2D eigenvalue weighted by Gasteiger charge is 2.50. The topological polar surface area (TPSA) is 16.4 Å². The van der Waals surface area contributed by atoms with Crippen LogP contribution in [-0.2, 0) is 10.8 Å². The van der Waals surface area contributed by atoms with Gasteiger partial charge in [0.05, 0.1) is 16.5 Å². The number of hydrogen-bond donors (Lipinski definition) is 0. The molecule has 0 bridgehead atoms. The Hall–Kier alpha value is -9.76. The van der Waals surface area contributed by atoms with Crippen LogP contribution in [0.2, 0.25) is 0 Å². The maximum Gasteiger partial charge on any atom is 0.142 e. The highest BCUT2D eigenvalue weighted by atomic mass is 16.3. The third kappa shape index (κ3) is 6.41. The van der Waals surface area contributed by atoms with Crippen molar-refractivity contribution in [3.05, 3.63) is 342 Å². The lowest BCUT2D eigenvalue weighted by Gasteiger charge is -2.39. The molecule has 0 amide bonds. The molecule has 12 aromatic carbocycles. The molecular weight excluding hydrogens is 919 g/mol. The van der Waals surface area contributed by atoms with Gasteiger partial charge < -0.3 is 9.32 Å². The van der Waals surface area contributed by atoms with E-state index in [4.69, 9.17) is 4.42 Å². The Bertz CT molecular complexity index is 4230. The van der Waals surface area contributed by atoms with Crippen molar-refractivity contribution in [1.29, 1.82) is 0 Å². The molecule has 2 heteroatoms. The Morgan fingerprint density at radius 1 is 0.276 bits per heavy atom. The third-order valence-electron chi connectivity index (χ3n) is 16.5. The molecule has 356 valence electrons. The van der Waals surface area contributed by atoms with E-state index in [0.29, 0.717) is 0 Å². The Kier molecular flexibility index (Phi) is 10.0. The highest BCUT2D eigenvalue weighted by molar-refractivity contribution is 6.10. The monoisotopic (exact) mass is 967 g/mol.